The number of anilines is 1. The number of aliphatic hydroxyl groups excluding tert-OH is 1. The van der Waals surface area contributed by atoms with E-state index in [9.17, 15) is 9.59 Å². The summed E-state index contributed by atoms with van der Waals surface area (Å²) < 4.78 is 12.2. The Morgan fingerprint density at radius 3 is 2.36 bits per heavy atom. The highest BCUT2D eigenvalue weighted by Crippen LogP contribution is 2.50. The molecule has 4 aromatic carbocycles. The minimum Gasteiger partial charge on any atom is -0.494 e. The zero-order valence-electron chi connectivity index (χ0n) is 22.9. The molecule has 0 saturated heterocycles. The highest BCUT2D eigenvalue weighted by atomic mass is 16.5. The van der Waals surface area contributed by atoms with Crippen LogP contribution in [0.4, 0.5) is 5.69 Å². The number of amides is 2. The van der Waals surface area contributed by atoms with Crippen molar-refractivity contribution in [2.24, 2.45) is 4.99 Å². The number of nitrogens with zero attached hydrogens (tertiary/aromatic N) is 2. The van der Waals surface area contributed by atoms with Crippen LogP contribution in [0.5, 0.6) is 5.75 Å². The van der Waals surface area contributed by atoms with Gasteiger partial charge in [-0.05, 0) is 48.0 Å². The fourth-order valence-electron chi connectivity index (χ4n) is 5.34. The second kappa shape index (κ2) is 11.8. The Morgan fingerprint density at radius 2 is 1.62 bits per heavy atom. The predicted molar refractivity (Wildman–Crippen MR) is 162 cm³/mol. The molecule has 0 saturated carbocycles. The molecule has 2 amide bonds. The third kappa shape index (κ3) is 5.10. The van der Waals surface area contributed by atoms with Crippen LogP contribution in [0.25, 0.3) is 6.08 Å². The van der Waals surface area contributed by atoms with E-state index < -0.39 is 23.5 Å². The molecule has 7 heteroatoms. The lowest BCUT2D eigenvalue weighted by atomic mass is 9.79. The summed E-state index contributed by atoms with van der Waals surface area (Å²) in [7, 11) is 0. The predicted octanol–water partition coefficient (Wildman–Crippen LogP) is 6.00. The number of para-hydroxylation sites is 1. The Labute approximate surface area is 244 Å². The minimum atomic E-state index is -1.39. The monoisotopic (exact) mass is 558 g/mol. The molecule has 2 aliphatic heterocycles. The number of carbonyl (C=O) groups excluding carboxylic acids is 2. The molecule has 0 spiro atoms. The molecular formula is C35H30N2O5. The maximum absolute atomic E-state index is 14.6. The molecule has 0 radical (unpaired) electrons. The first-order valence-electron chi connectivity index (χ1n) is 14.0. The van der Waals surface area contributed by atoms with E-state index in [-0.39, 0.29) is 13.0 Å². The average molecular weight is 559 g/mol. The van der Waals surface area contributed by atoms with Crippen molar-refractivity contribution in [3.8, 4) is 5.75 Å². The summed E-state index contributed by atoms with van der Waals surface area (Å²) in [6.07, 6.45) is 3.92. The van der Waals surface area contributed by atoms with Gasteiger partial charge in [-0.3, -0.25) is 9.59 Å². The number of rotatable bonds is 9. The topological polar surface area (TPSA) is 88.4 Å². The number of hydrogen-bond acceptors (Lipinski definition) is 6. The number of hydrogen-bond donors (Lipinski definition) is 1. The molecule has 0 aromatic heterocycles. The molecule has 0 aliphatic carbocycles. The Morgan fingerprint density at radius 1 is 0.929 bits per heavy atom. The number of carbonyl (C=O) groups is 2. The van der Waals surface area contributed by atoms with Gasteiger partial charge in [0.2, 0.25) is 5.90 Å². The summed E-state index contributed by atoms with van der Waals surface area (Å²) in [5.74, 6) is 0.139. The highest BCUT2D eigenvalue weighted by molar-refractivity contribution is 6.26. The lowest BCUT2D eigenvalue weighted by molar-refractivity contribution is -0.126. The smallest absolute Gasteiger partial charge is 0.266 e. The van der Waals surface area contributed by atoms with Crippen LogP contribution in [-0.2, 0) is 9.53 Å². The van der Waals surface area contributed by atoms with Crippen molar-refractivity contribution in [3.63, 3.8) is 0 Å². The maximum atomic E-state index is 14.6. The van der Waals surface area contributed by atoms with Crippen molar-refractivity contribution in [2.75, 3.05) is 18.1 Å². The number of imide groups is 1. The molecule has 2 heterocycles. The molecule has 2 aliphatic rings. The van der Waals surface area contributed by atoms with Gasteiger partial charge < -0.3 is 14.6 Å². The van der Waals surface area contributed by atoms with Crippen LogP contribution in [0.2, 0.25) is 0 Å². The van der Waals surface area contributed by atoms with E-state index in [0.29, 0.717) is 41.5 Å². The number of fused-ring (bicyclic) bond motifs is 3. The third-order valence-electron chi connectivity index (χ3n) is 7.43. The quantitative estimate of drug-likeness (QED) is 0.201. The molecule has 2 atom stereocenters. The summed E-state index contributed by atoms with van der Waals surface area (Å²) in [6.45, 7) is 0.465. The van der Waals surface area contributed by atoms with E-state index in [1.54, 1.807) is 30.3 Å². The van der Waals surface area contributed by atoms with Crippen molar-refractivity contribution >= 4 is 29.5 Å². The fraction of sp³-hybridized carbons (Fsp3) is 0.171. The molecular weight excluding hydrogens is 528 g/mol. The normalized spacial score (nSPS) is 19.2. The molecule has 4 aromatic rings. The third-order valence-corrected chi connectivity index (χ3v) is 7.43. The number of aliphatic imine (C=N–C) groups is 1. The summed E-state index contributed by atoms with van der Waals surface area (Å²) in [6, 6.07) is 33.3. The zero-order chi connectivity index (χ0) is 28.9. The van der Waals surface area contributed by atoms with Gasteiger partial charge in [0.1, 0.15) is 5.75 Å². The average Bonchev–Trinajstić information content (AvgIpc) is 3.44. The Hall–Kier alpha value is -5.01. The van der Waals surface area contributed by atoms with Gasteiger partial charge in [-0.2, -0.15) is 0 Å². The molecule has 1 N–H and O–H groups in total. The Bertz CT molecular complexity index is 1630. The second-order valence-electron chi connectivity index (χ2n) is 10.2. The minimum absolute atomic E-state index is 0.0597. The lowest BCUT2D eigenvalue weighted by Gasteiger charge is -2.40. The van der Waals surface area contributed by atoms with Gasteiger partial charge in [-0.1, -0.05) is 78.9 Å². The number of aliphatic hydroxyl groups is 1. The van der Waals surface area contributed by atoms with Crippen LogP contribution in [0.1, 0.15) is 46.0 Å². The maximum Gasteiger partial charge on any atom is 0.266 e. The van der Waals surface area contributed by atoms with Gasteiger partial charge in [-0.25, -0.2) is 9.89 Å². The van der Waals surface area contributed by atoms with Crippen molar-refractivity contribution in [1.82, 2.24) is 0 Å². The van der Waals surface area contributed by atoms with Crippen molar-refractivity contribution in [2.45, 2.75) is 24.5 Å². The van der Waals surface area contributed by atoms with Crippen LogP contribution in [0, 0.1) is 0 Å². The van der Waals surface area contributed by atoms with E-state index in [1.165, 1.54) is 4.90 Å². The SMILES string of the molecule is O=C(c1ccccc1)N1C(=O)[C@]2(C/C=C/c3ccccc3)N=C(c3ccc(OCCCO)cc3)O[C@@H]2c2ccccc21. The zero-order valence-corrected chi connectivity index (χ0v) is 22.9. The molecule has 6 rings (SSSR count). The van der Waals surface area contributed by atoms with Gasteiger partial charge in [0.25, 0.3) is 11.8 Å². The number of ether oxygens (including phenoxy) is 2. The van der Waals surface area contributed by atoms with E-state index in [1.807, 2.05) is 91.0 Å². The molecule has 0 bridgehead atoms. The summed E-state index contributed by atoms with van der Waals surface area (Å²) >= 11 is 0. The molecule has 0 fully saturated rings. The standard InChI is InChI=1S/C35H30N2O5/c38-23-10-24-41-28-20-18-26(19-21-28)32-36-35(22-9-13-25-11-3-1-4-12-25)31(42-32)29-16-7-8-17-30(29)37(34(35)40)33(39)27-14-5-2-6-15-27/h1-9,11-21,31,38H,10,22-24H2/b13-9+/t31-,35-/m1/s1. The van der Waals surface area contributed by atoms with Crippen LogP contribution < -0.4 is 9.64 Å². The summed E-state index contributed by atoms with van der Waals surface area (Å²) in [5.41, 5.74) is 1.91. The first-order valence-corrected chi connectivity index (χ1v) is 14.0. The van der Waals surface area contributed by atoms with E-state index in [4.69, 9.17) is 19.6 Å². The molecule has 7 nitrogen and oxygen atoms in total. The Kier molecular flexibility index (Phi) is 7.66. The van der Waals surface area contributed by atoms with Gasteiger partial charge in [-0.15, -0.1) is 0 Å². The van der Waals surface area contributed by atoms with Gasteiger partial charge >= 0.3 is 0 Å². The van der Waals surface area contributed by atoms with Crippen LogP contribution in [-0.4, -0.2) is 41.6 Å². The van der Waals surface area contributed by atoms with Gasteiger partial charge in [0.05, 0.1) is 12.3 Å². The molecule has 210 valence electrons. The first kappa shape index (κ1) is 27.2. The number of benzene rings is 4. The van der Waals surface area contributed by atoms with Crippen LogP contribution >= 0.6 is 0 Å². The van der Waals surface area contributed by atoms with E-state index in [2.05, 4.69) is 0 Å². The van der Waals surface area contributed by atoms with E-state index >= 15 is 0 Å². The molecule has 0 unspecified atom stereocenters. The van der Waals surface area contributed by atoms with Gasteiger partial charge in [0.15, 0.2) is 11.6 Å². The lowest BCUT2D eigenvalue weighted by Crippen LogP contribution is -2.56. The van der Waals surface area contributed by atoms with Crippen LogP contribution in [0.15, 0.2) is 120 Å². The van der Waals surface area contributed by atoms with Crippen molar-refractivity contribution < 1.29 is 24.2 Å². The Balaban J connectivity index is 1.42. The van der Waals surface area contributed by atoms with Crippen molar-refractivity contribution in [1.29, 1.82) is 0 Å². The molecule has 42 heavy (non-hydrogen) atoms. The summed E-state index contributed by atoms with van der Waals surface area (Å²) in [4.78, 5) is 34.7. The fourth-order valence-corrected chi connectivity index (χ4v) is 5.34. The van der Waals surface area contributed by atoms with Crippen LogP contribution in [0.3, 0.4) is 0 Å². The highest BCUT2D eigenvalue weighted by Gasteiger charge is 2.59. The largest absolute Gasteiger partial charge is 0.494 e. The van der Waals surface area contributed by atoms with Crippen molar-refractivity contribution in [3.05, 3.63) is 138 Å². The first-order chi connectivity index (χ1) is 20.6. The van der Waals surface area contributed by atoms with Gasteiger partial charge in [0, 0.05) is 36.1 Å². The summed E-state index contributed by atoms with van der Waals surface area (Å²) in [5, 5.41) is 9.02. The van der Waals surface area contributed by atoms with E-state index in [0.717, 1.165) is 11.1 Å². The second-order valence-corrected chi connectivity index (χ2v) is 10.2.